The van der Waals surface area contributed by atoms with E-state index in [0.717, 1.165) is 0 Å². The molecule has 2 rings (SSSR count). The minimum absolute atomic E-state index is 0.669. The minimum Gasteiger partial charge on any atom is -0.253 e. The molecule has 2 aliphatic rings. The monoisotopic (exact) mass is 197 g/mol. The molecule has 12 heavy (non-hydrogen) atoms. The van der Waals surface area contributed by atoms with E-state index in [2.05, 4.69) is 10.4 Å². The van der Waals surface area contributed by atoms with E-state index in [-0.39, 0.29) is 0 Å². The lowest BCUT2D eigenvalue weighted by atomic mass is 10.3. The van der Waals surface area contributed by atoms with Crippen LogP contribution in [0.2, 0.25) is 0 Å². The maximum atomic E-state index is 4.42. The number of nitrogens with zero attached hydrogens (tertiary/aromatic N) is 1. The first-order valence-electron chi connectivity index (χ1n) is 4.14. The first-order valence-corrected chi connectivity index (χ1v) is 6.07. The Morgan fingerprint density at radius 2 is 2.42 bits per heavy atom. The summed E-state index contributed by atoms with van der Waals surface area (Å²) in [7, 11) is 0. The number of hydrogen-bond donors (Lipinski definition) is 0. The van der Waals surface area contributed by atoms with Crippen LogP contribution in [0.1, 0.15) is 12.8 Å². The van der Waals surface area contributed by atoms with Gasteiger partial charge in [0, 0.05) is 6.20 Å². The molecule has 0 saturated carbocycles. The van der Waals surface area contributed by atoms with Gasteiger partial charge < -0.3 is 0 Å². The number of thioether (sulfide) groups is 2. The van der Waals surface area contributed by atoms with Gasteiger partial charge in [-0.2, -0.15) is 11.8 Å². The van der Waals surface area contributed by atoms with E-state index < -0.39 is 0 Å². The predicted octanol–water partition coefficient (Wildman–Crippen LogP) is 3.05. The Labute approximate surface area is 81.4 Å². The van der Waals surface area contributed by atoms with E-state index in [1.807, 2.05) is 30.1 Å². The molecule has 2 aliphatic heterocycles. The number of aliphatic imine (C=N–C) groups is 1. The van der Waals surface area contributed by atoms with Gasteiger partial charge >= 0.3 is 0 Å². The molecule has 1 unspecified atom stereocenters. The van der Waals surface area contributed by atoms with Gasteiger partial charge in [-0.15, -0.1) is 0 Å². The van der Waals surface area contributed by atoms with Crippen LogP contribution >= 0.6 is 23.5 Å². The van der Waals surface area contributed by atoms with Gasteiger partial charge in [0.25, 0.3) is 0 Å². The maximum absolute atomic E-state index is 4.42. The number of allylic oxidation sites excluding steroid dienone is 2. The van der Waals surface area contributed by atoms with Crippen molar-refractivity contribution in [1.29, 1.82) is 0 Å². The van der Waals surface area contributed by atoms with Crippen LogP contribution in [-0.2, 0) is 0 Å². The fourth-order valence-electron chi connectivity index (χ4n) is 1.28. The molecule has 0 aliphatic carbocycles. The summed E-state index contributed by atoms with van der Waals surface area (Å²) in [6.07, 6.45) is 8.58. The largest absolute Gasteiger partial charge is 0.253 e. The second-order valence-corrected chi connectivity index (χ2v) is 4.99. The average molecular weight is 197 g/mol. The third kappa shape index (κ3) is 1.96. The van der Waals surface area contributed by atoms with Crippen molar-refractivity contribution in [3.63, 3.8) is 0 Å². The summed E-state index contributed by atoms with van der Waals surface area (Å²) in [4.78, 5) is 4.42. The quantitative estimate of drug-likeness (QED) is 0.640. The molecule has 1 atom stereocenters. The molecule has 1 fully saturated rings. The van der Waals surface area contributed by atoms with Gasteiger partial charge in [-0.25, -0.2) is 0 Å². The molecule has 3 heteroatoms. The molecule has 1 nitrogen and oxygen atoms in total. The smallest absolute Gasteiger partial charge is 0.0903 e. The van der Waals surface area contributed by atoms with E-state index in [1.165, 1.54) is 23.6 Å². The Morgan fingerprint density at radius 3 is 3.25 bits per heavy atom. The summed E-state index contributed by atoms with van der Waals surface area (Å²) < 4.78 is 0. The van der Waals surface area contributed by atoms with Crippen molar-refractivity contribution in [1.82, 2.24) is 0 Å². The van der Waals surface area contributed by atoms with Gasteiger partial charge in [-0.3, -0.25) is 4.99 Å². The van der Waals surface area contributed by atoms with Crippen LogP contribution < -0.4 is 0 Å². The molecular formula is C9H11NS2. The van der Waals surface area contributed by atoms with Crippen LogP contribution in [0.4, 0.5) is 0 Å². The molecule has 0 amide bonds. The zero-order valence-electron chi connectivity index (χ0n) is 6.77. The summed E-state index contributed by atoms with van der Waals surface area (Å²) >= 11 is 3.81. The molecule has 0 bridgehead atoms. The number of hydrogen-bond acceptors (Lipinski definition) is 3. The molecule has 64 valence electrons. The second-order valence-electron chi connectivity index (χ2n) is 2.76. The van der Waals surface area contributed by atoms with Crippen molar-refractivity contribution in [3.8, 4) is 0 Å². The highest BCUT2D eigenvalue weighted by Crippen LogP contribution is 2.31. The van der Waals surface area contributed by atoms with Gasteiger partial charge in [0.05, 0.1) is 10.3 Å². The maximum Gasteiger partial charge on any atom is 0.0903 e. The average Bonchev–Trinajstić information content (AvgIpc) is 2.48. The van der Waals surface area contributed by atoms with Crippen molar-refractivity contribution >= 4 is 28.6 Å². The highest BCUT2D eigenvalue weighted by molar-refractivity contribution is 8.18. The third-order valence-corrected chi connectivity index (χ3v) is 4.33. The molecule has 2 heterocycles. The highest BCUT2D eigenvalue weighted by Gasteiger charge is 2.21. The Kier molecular flexibility index (Phi) is 2.95. The minimum atomic E-state index is 0.669. The van der Waals surface area contributed by atoms with Gasteiger partial charge in [-0.05, 0) is 30.1 Å². The van der Waals surface area contributed by atoms with E-state index >= 15 is 0 Å². The lowest BCUT2D eigenvalue weighted by Gasteiger charge is -2.07. The van der Waals surface area contributed by atoms with Crippen molar-refractivity contribution < 1.29 is 0 Å². The van der Waals surface area contributed by atoms with Crippen LogP contribution in [0, 0.1) is 0 Å². The lowest BCUT2D eigenvalue weighted by Crippen LogP contribution is -2.08. The van der Waals surface area contributed by atoms with Crippen molar-refractivity contribution in [3.05, 3.63) is 23.8 Å². The van der Waals surface area contributed by atoms with Gasteiger partial charge in [0.2, 0.25) is 0 Å². The van der Waals surface area contributed by atoms with Gasteiger partial charge in [0.15, 0.2) is 0 Å². The molecule has 1 saturated heterocycles. The van der Waals surface area contributed by atoms with E-state index in [4.69, 9.17) is 0 Å². The van der Waals surface area contributed by atoms with E-state index in [0.29, 0.717) is 5.25 Å². The Bertz CT molecular complexity index is 237. The van der Waals surface area contributed by atoms with Crippen molar-refractivity contribution in [2.45, 2.75) is 18.1 Å². The normalized spacial score (nSPS) is 28.7. The molecule has 0 spiro atoms. The number of rotatable bonds is 1. The molecule has 0 aromatic carbocycles. The Hall–Kier alpha value is -0.150. The molecular weight excluding hydrogens is 186 g/mol. The summed E-state index contributed by atoms with van der Waals surface area (Å²) in [5, 5.41) is 4.06. The van der Waals surface area contributed by atoms with Crippen LogP contribution in [0.3, 0.4) is 0 Å². The Balaban J connectivity index is 2.06. The zero-order chi connectivity index (χ0) is 8.23. The SMILES string of the molecule is C1=CN=C(C2CCCS2)SC=C1. The van der Waals surface area contributed by atoms with Gasteiger partial charge in [0.1, 0.15) is 0 Å². The molecule has 0 radical (unpaired) electrons. The highest BCUT2D eigenvalue weighted by atomic mass is 32.2. The second kappa shape index (κ2) is 4.19. The summed E-state index contributed by atoms with van der Waals surface area (Å²) in [6, 6.07) is 0. The molecule has 0 N–H and O–H groups in total. The van der Waals surface area contributed by atoms with Crippen LogP contribution in [0.15, 0.2) is 28.8 Å². The summed E-state index contributed by atoms with van der Waals surface area (Å²) in [6.45, 7) is 0. The molecule has 0 aromatic rings. The first-order chi connectivity index (χ1) is 5.97. The van der Waals surface area contributed by atoms with Crippen molar-refractivity contribution in [2.24, 2.45) is 4.99 Å². The van der Waals surface area contributed by atoms with Crippen molar-refractivity contribution in [2.75, 3.05) is 5.75 Å². The fraction of sp³-hybridized carbons (Fsp3) is 0.444. The van der Waals surface area contributed by atoms with Crippen LogP contribution in [-0.4, -0.2) is 16.0 Å². The summed E-state index contributed by atoms with van der Waals surface area (Å²) in [5.41, 5.74) is 0. The van der Waals surface area contributed by atoms with E-state index in [1.54, 1.807) is 11.8 Å². The topological polar surface area (TPSA) is 12.4 Å². The van der Waals surface area contributed by atoms with Crippen LogP contribution in [0.5, 0.6) is 0 Å². The third-order valence-electron chi connectivity index (χ3n) is 1.87. The van der Waals surface area contributed by atoms with Gasteiger partial charge in [-0.1, -0.05) is 17.8 Å². The van der Waals surface area contributed by atoms with Crippen LogP contribution in [0.25, 0.3) is 0 Å². The molecule has 0 aromatic heterocycles. The first kappa shape index (κ1) is 8.45. The Morgan fingerprint density at radius 1 is 1.42 bits per heavy atom. The summed E-state index contributed by atoms with van der Waals surface area (Å²) in [5.74, 6) is 1.30. The zero-order valence-corrected chi connectivity index (χ0v) is 8.40. The lowest BCUT2D eigenvalue weighted by molar-refractivity contribution is 0.905. The predicted molar refractivity (Wildman–Crippen MR) is 58.8 cm³/mol. The standard InChI is InChI=1S/C9H11NS2/c1-2-6-12-9(10-5-1)8-4-3-7-11-8/h1-2,5-6,8H,3-4,7H2. The fourth-order valence-corrected chi connectivity index (χ4v) is 3.51. The van der Waals surface area contributed by atoms with E-state index in [9.17, 15) is 0 Å².